The number of nitrogens with zero attached hydrogens (tertiary/aromatic N) is 1. The molecule has 4 aromatic rings. The van der Waals surface area contributed by atoms with Crippen LogP contribution in [0.2, 0.25) is 0 Å². The van der Waals surface area contributed by atoms with Gasteiger partial charge in [-0.1, -0.05) is 114 Å². The van der Waals surface area contributed by atoms with Crippen LogP contribution in [0.3, 0.4) is 0 Å². The lowest BCUT2D eigenvalue weighted by Gasteiger charge is -2.35. The van der Waals surface area contributed by atoms with E-state index in [0.29, 0.717) is 0 Å². The second-order valence-corrected chi connectivity index (χ2v) is 14.8. The fraction of sp³-hybridized carbons (Fsp3) is 0.250. The second kappa shape index (κ2) is 11.2. The molecule has 0 fully saturated rings. The summed E-state index contributed by atoms with van der Waals surface area (Å²) in [5, 5.41) is 3.92. The average molecular weight is 514 g/mol. The van der Waals surface area contributed by atoms with Crippen molar-refractivity contribution in [3.63, 3.8) is 0 Å². The van der Waals surface area contributed by atoms with Gasteiger partial charge in [0.25, 0.3) is 0 Å². The Morgan fingerprint density at radius 2 is 1.19 bits per heavy atom. The number of aryl methyl sites for hydroxylation is 2. The largest absolute Gasteiger partial charge is 0.242 e. The molecule has 2 atom stereocenters. The van der Waals surface area contributed by atoms with Gasteiger partial charge in [-0.2, -0.15) is 0 Å². The van der Waals surface area contributed by atoms with E-state index in [1.807, 2.05) is 27.8 Å². The van der Waals surface area contributed by atoms with Gasteiger partial charge in [0.1, 0.15) is 11.0 Å². The highest BCUT2D eigenvalue weighted by Gasteiger charge is 2.33. The maximum absolute atomic E-state index is 13.8. The van der Waals surface area contributed by atoms with E-state index >= 15 is 0 Å². The van der Waals surface area contributed by atoms with E-state index < -0.39 is 18.9 Å². The van der Waals surface area contributed by atoms with Crippen molar-refractivity contribution in [3.8, 4) is 0 Å². The molecule has 0 aliphatic carbocycles. The van der Waals surface area contributed by atoms with Gasteiger partial charge in [-0.3, -0.25) is 0 Å². The van der Waals surface area contributed by atoms with Crippen molar-refractivity contribution in [2.75, 3.05) is 7.05 Å². The van der Waals surface area contributed by atoms with Crippen LogP contribution in [0, 0.1) is 13.8 Å². The van der Waals surface area contributed by atoms with Crippen molar-refractivity contribution >= 4 is 34.8 Å². The summed E-state index contributed by atoms with van der Waals surface area (Å²) in [6, 6.07) is 36.9. The smallest absolute Gasteiger partial charge is 0.100 e. The van der Waals surface area contributed by atoms with Crippen LogP contribution in [-0.2, 0) is 11.0 Å². The highest BCUT2D eigenvalue weighted by atomic mass is 32.2. The zero-order chi connectivity index (χ0) is 25.9. The Hall–Kier alpha value is -2.58. The van der Waals surface area contributed by atoms with Gasteiger partial charge in [-0.25, -0.2) is 8.51 Å². The van der Waals surface area contributed by atoms with E-state index in [0.717, 1.165) is 0 Å². The lowest BCUT2D eigenvalue weighted by Crippen LogP contribution is -2.39. The summed E-state index contributed by atoms with van der Waals surface area (Å²) in [4.78, 5) is 0. The molecule has 0 amide bonds. The van der Waals surface area contributed by atoms with E-state index in [1.54, 1.807) is 0 Å². The lowest BCUT2D eigenvalue weighted by atomic mass is 9.95. The third-order valence-electron chi connectivity index (χ3n) is 6.21. The molecule has 0 unspecified atom stereocenters. The predicted molar refractivity (Wildman–Crippen MR) is 159 cm³/mol. The first-order chi connectivity index (χ1) is 17.2. The van der Waals surface area contributed by atoms with Gasteiger partial charge >= 0.3 is 0 Å². The topological polar surface area (TPSA) is 20.3 Å². The molecule has 186 valence electrons. The molecule has 0 radical (unpaired) electrons. The van der Waals surface area contributed by atoms with Gasteiger partial charge in [-0.15, -0.1) is 0 Å². The third kappa shape index (κ3) is 5.86. The fourth-order valence-electron chi connectivity index (χ4n) is 4.78. The second-order valence-electron chi connectivity index (χ2n) is 10.3. The molecule has 4 aromatic carbocycles. The molecule has 0 saturated carbocycles. The first-order valence-electron chi connectivity index (χ1n) is 12.4. The summed E-state index contributed by atoms with van der Waals surface area (Å²) in [7, 11) is 0.00872. The average Bonchev–Trinajstić information content (AvgIpc) is 2.85. The molecule has 4 rings (SSSR count). The van der Waals surface area contributed by atoms with Crippen LogP contribution in [0.25, 0.3) is 0 Å². The summed E-state index contributed by atoms with van der Waals surface area (Å²) < 4.78 is 15.5. The van der Waals surface area contributed by atoms with Gasteiger partial charge in [0.2, 0.25) is 0 Å². The quantitative estimate of drug-likeness (QED) is 0.257. The molecular weight excluding hydrogens is 477 g/mol. The van der Waals surface area contributed by atoms with Gasteiger partial charge < -0.3 is 0 Å². The maximum Gasteiger partial charge on any atom is 0.100 e. The summed E-state index contributed by atoms with van der Waals surface area (Å²) in [6.07, 6.45) is 0. The zero-order valence-electron chi connectivity index (χ0n) is 22.1. The molecular formula is C32H36NOPS. The Morgan fingerprint density at radius 1 is 0.722 bits per heavy atom. The summed E-state index contributed by atoms with van der Waals surface area (Å²) in [6.45, 7) is 10.4. The monoisotopic (exact) mass is 513 g/mol. The van der Waals surface area contributed by atoms with Crippen molar-refractivity contribution in [1.82, 2.24) is 4.31 Å². The lowest BCUT2D eigenvalue weighted by molar-refractivity contribution is 0.441. The molecule has 0 heterocycles. The van der Waals surface area contributed by atoms with E-state index in [9.17, 15) is 4.21 Å². The van der Waals surface area contributed by atoms with E-state index in [-0.39, 0.29) is 10.8 Å². The van der Waals surface area contributed by atoms with Crippen LogP contribution in [0.4, 0.5) is 0 Å². The van der Waals surface area contributed by atoms with Crippen molar-refractivity contribution < 1.29 is 4.21 Å². The Kier molecular flexibility index (Phi) is 8.25. The molecule has 0 saturated heterocycles. The first kappa shape index (κ1) is 26.5. The molecule has 0 N–H and O–H groups in total. The predicted octanol–water partition coefficient (Wildman–Crippen LogP) is 6.55. The summed E-state index contributed by atoms with van der Waals surface area (Å²) in [5.74, 6) is 0. The molecule has 0 aromatic heterocycles. The van der Waals surface area contributed by atoms with Crippen LogP contribution in [0.15, 0.2) is 103 Å². The van der Waals surface area contributed by atoms with E-state index in [2.05, 4.69) is 121 Å². The van der Waals surface area contributed by atoms with Gasteiger partial charge in [0.05, 0.1) is 10.8 Å². The van der Waals surface area contributed by atoms with Crippen molar-refractivity contribution in [1.29, 1.82) is 0 Å². The molecule has 0 aliphatic heterocycles. The van der Waals surface area contributed by atoms with Gasteiger partial charge in [-0.05, 0) is 69.6 Å². The standard InChI is InChI=1S/C32H36NOPS/c1-24-21-25(2)23-26(22-24)31(33(6)36(34)32(3,4)5)29-19-13-14-20-30(29)35(27-15-9-7-10-16-27)28-17-11-8-12-18-28/h7-23,31H,1-6H3/t31-,36-/m1/s1. The number of rotatable bonds is 7. The third-order valence-corrected chi connectivity index (χ3v) is 10.5. The number of hydrogen-bond acceptors (Lipinski definition) is 1. The Balaban J connectivity index is 1.98. The minimum absolute atomic E-state index is 0.141. The van der Waals surface area contributed by atoms with E-state index in [4.69, 9.17) is 0 Å². The maximum atomic E-state index is 13.8. The number of hydrogen-bond donors (Lipinski definition) is 0. The highest BCUT2D eigenvalue weighted by molar-refractivity contribution is 7.84. The van der Waals surface area contributed by atoms with E-state index in [1.165, 1.54) is 38.2 Å². The first-order valence-corrected chi connectivity index (χ1v) is 14.8. The van der Waals surface area contributed by atoms with Crippen LogP contribution in [-0.4, -0.2) is 20.3 Å². The molecule has 0 bridgehead atoms. The SMILES string of the molecule is Cc1cc(C)cc([C@H](c2ccccc2P(c2ccccc2)c2ccccc2)N(C)[S@](=O)C(C)(C)C)c1. The van der Waals surface area contributed by atoms with Crippen LogP contribution < -0.4 is 15.9 Å². The Labute approximate surface area is 220 Å². The molecule has 4 heteroatoms. The normalized spacial score (nSPS) is 13.7. The van der Waals surface area contributed by atoms with Crippen molar-refractivity contribution in [3.05, 3.63) is 125 Å². The number of benzene rings is 4. The van der Waals surface area contributed by atoms with Crippen LogP contribution >= 0.6 is 7.92 Å². The molecule has 0 aliphatic rings. The fourth-order valence-corrected chi connectivity index (χ4v) is 8.56. The minimum Gasteiger partial charge on any atom is -0.242 e. The van der Waals surface area contributed by atoms with Gasteiger partial charge in [0, 0.05) is 7.05 Å². The van der Waals surface area contributed by atoms with Crippen molar-refractivity contribution in [2.45, 2.75) is 45.4 Å². The minimum atomic E-state index is -1.20. The zero-order valence-corrected chi connectivity index (χ0v) is 23.8. The molecule has 2 nitrogen and oxygen atoms in total. The Morgan fingerprint density at radius 3 is 1.69 bits per heavy atom. The molecule has 36 heavy (non-hydrogen) atoms. The Bertz CT molecular complexity index is 1270. The van der Waals surface area contributed by atoms with Crippen LogP contribution in [0.1, 0.15) is 49.1 Å². The summed E-state index contributed by atoms with van der Waals surface area (Å²) >= 11 is 0. The van der Waals surface area contributed by atoms with Gasteiger partial charge in [0.15, 0.2) is 0 Å². The summed E-state index contributed by atoms with van der Waals surface area (Å²) in [5.41, 5.74) is 4.82. The highest BCUT2D eigenvalue weighted by Crippen LogP contribution is 2.39. The molecule has 0 spiro atoms. The van der Waals surface area contributed by atoms with Crippen LogP contribution in [0.5, 0.6) is 0 Å². The van der Waals surface area contributed by atoms with Crippen molar-refractivity contribution in [2.24, 2.45) is 0 Å².